The third-order valence-corrected chi connectivity index (χ3v) is 3.72. The van der Waals surface area contributed by atoms with E-state index >= 15 is 0 Å². The van der Waals surface area contributed by atoms with Crippen molar-refractivity contribution in [1.82, 2.24) is 5.32 Å². The van der Waals surface area contributed by atoms with Gasteiger partial charge in [0.05, 0.1) is 6.10 Å². The molecule has 0 saturated carbocycles. The molecule has 1 rings (SSSR count). The van der Waals surface area contributed by atoms with Crippen molar-refractivity contribution in [3.8, 4) is 0 Å². The van der Waals surface area contributed by atoms with Gasteiger partial charge in [0.1, 0.15) is 0 Å². The SMILES string of the molecule is CCSc1ccc(C(C)NC[C@H](O)CC)cc1. The number of rotatable bonds is 7. The Balaban J connectivity index is 2.48. The molecule has 0 spiro atoms. The number of hydrogen-bond acceptors (Lipinski definition) is 3. The van der Waals surface area contributed by atoms with Crippen LogP contribution in [0.4, 0.5) is 0 Å². The average molecular weight is 253 g/mol. The molecule has 2 atom stereocenters. The average Bonchev–Trinajstić information content (AvgIpc) is 2.36. The number of aliphatic hydroxyl groups excluding tert-OH is 1. The second-order valence-corrected chi connectivity index (χ2v) is 5.53. The van der Waals surface area contributed by atoms with Crippen molar-refractivity contribution in [2.24, 2.45) is 0 Å². The summed E-state index contributed by atoms with van der Waals surface area (Å²) >= 11 is 1.86. The first-order valence-electron chi connectivity index (χ1n) is 6.31. The molecule has 2 nitrogen and oxygen atoms in total. The van der Waals surface area contributed by atoms with Gasteiger partial charge in [0.25, 0.3) is 0 Å². The van der Waals surface area contributed by atoms with Crippen LogP contribution in [-0.2, 0) is 0 Å². The molecule has 96 valence electrons. The summed E-state index contributed by atoms with van der Waals surface area (Å²) in [4.78, 5) is 1.32. The van der Waals surface area contributed by atoms with Gasteiger partial charge in [-0.15, -0.1) is 11.8 Å². The monoisotopic (exact) mass is 253 g/mol. The zero-order chi connectivity index (χ0) is 12.7. The van der Waals surface area contributed by atoms with Gasteiger partial charge >= 0.3 is 0 Å². The Labute approximate surface area is 109 Å². The highest BCUT2D eigenvalue weighted by Gasteiger charge is 2.07. The van der Waals surface area contributed by atoms with E-state index in [0.29, 0.717) is 6.54 Å². The number of benzene rings is 1. The Hall–Kier alpha value is -0.510. The molecule has 0 heterocycles. The summed E-state index contributed by atoms with van der Waals surface area (Å²) in [5, 5.41) is 12.8. The molecule has 0 radical (unpaired) electrons. The molecule has 2 N–H and O–H groups in total. The van der Waals surface area contributed by atoms with Crippen LogP contribution in [0.25, 0.3) is 0 Å². The van der Waals surface area contributed by atoms with Crippen LogP contribution < -0.4 is 5.32 Å². The van der Waals surface area contributed by atoms with Crippen LogP contribution in [0.3, 0.4) is 0 Å². The Kier molecular flexibility index (Phi) is 6.63. The van der Waals surface area contributed by atoms with Gasteiger partial charge in [-0.25, -0.2) is 0 Å². The molecular weight excluding hydrogens is 230 g/mol. The Morgan fingerprint density at radius 1 is 1.24 bits per heavy atom. The minimum absolute atomic E-state index is 0.243. The summed E-state index contributed by atoms with van der Waals surface area (Å²) in [5.41, 5.74) is 1.27. The summed E-state index contributed by atoms with van der Waals surface area (Å²) < 4.78 is 0. The first kappa shape index (κ1) is 14.6. The van der Waals surface area contributed by atoms with Gasteiger partial charge < -0.3 is 10.4 Å². The summed E-state index contributed by atoms with van der Waals surface area (Å²) in [6.07, 6.45) is 0.554. The smallest absolute Gasteiger partial charge is 0.0662 e. The van der Waals surface area contributed by atoms with Crippen LogP contribution in [0.5, 0.6) is 0 Å². The Bertz CT molecular complexity index is 313. The highest BCUT2D eigenvalue weighted by Crippen LogP contribution is 2.20. The molecular formula is C14H23NOS. The van der Waals surface area contributed by atoms with E-state index in [1.807, 2.05) is 18.7 Å². The van der Waals surface area contributed by atoms with E-state index in [0.717, 1.165) is 12.2 Å². The van der Waals surface area contributed by atoms with E-state index in [-0.39, 0.29) is 12.1 Å². The van der Waals surface area contributed by atoms with Crippen LogP contribution in [0.2, 0.25) is 0 Å². The molecule has 0 aliphatic rings. The fourth-order valence-electron chi connectivity index (χ4n) is 1.59. The lowest BCUT2D eigenvalue weighted by Crippen LogP contribution is -2.28. The van der Waals surface area contributed by atoms with Crippen LogP contribution in [0.15, 0.2) is 29.2 Å². The first-order chi connectivity index (χ1) is 8.17. The van der Waals surface area contributed by atoms with Gasteiger partial charge in [-0.3, -0.25) is 0 Å². The van der Waals surface area contributed by atoms with Gasteiger partial charge in [-0.2, -0.15) is 0 Å². The molecule has 17 heavy (non-hydrogen) atoms. The molecule has 1 unspecified atom stereocenters. The van der Waals surface area contributed by atoms with Crippen LogP contribution in [-0.4, -0.2) is 23.5 Å². The standard InChI is InChI=1S/C14H23NOS/c1-4-13(16)10-15-11(3)12-6-8-14(9-7-12)17-5-2/h6-9,11,13,15-16H,4-5,10H2,1-3H3/t11?,13-/m1/s1. The molecule has 1 aromatic rings. The van der Waals surface area contributed by atoms with Gasteiger partial charge in [0.15, 0.2) is 0 Å². The molecule has 0 saturated heterocycles. The van der Waals surface area contributed by atoms with Gasteiger partial charge in [-0.1, -0.05) is 26.0 Å². The van der Waals surface area contributed by atoms with Crippen molar-refractivity contribution in [2.75, 3.05) is 12.3 Å². The molecule has 1 aromatic carbocycles. The maximum absolute atomic E-state index is 9.50. The Morgan fingerprint density at radius 2 is 1.88 bits per heavy atom. The third-order valence-electron chi connectivity index (χ3n) is 2.82. The quantitative estimate of drug-likeness (QED) is 0.732. The summed E-state index contributed by atoms with van der Waals surface area (Å²) in [6.45, 7) is 6.94. The van der Waals surface area contributed by atoms with E-state index in [4.69, 9.17) is 0 Å². The lowest BCUT2D eigenvalue weighted by molar-refractivity contribution is 0.164. The van der Waals surface area contributed by atoms with Crippen molar-refractivity contribution in [3.05, 3.63) is 29.8 Å². The molecule has 0 bridgehead atoms. The zero-order valence-corrected chi connectivity index (χ0v) is 11.8. The highest BCUT2D eigenvalue weighted by atomic mass is 32.2. The second-order valence-electron chi connectivity index (χ2n) is 4.19. The van der Waals surface area contributed by atoms with Crippen molar-refractivity contribution in [3.63, 3.8) is 0 Å². The molecule has 3 heteroatoms. The van der Waals surface area contributed by atoms with E-state index < -0.39 is 0 Å². The van der Waals surface area contributed by atoms with Crippen molar-refractivity contribution >= 4 is 11.8 Å². The van der Waals surface area contributed by atoms with Crippen molar-refractivity contribution in [1.29, 1.82) is 0 Å². The van der Waals surface area contributed by atoms with Crippen LogP contribution >= 0.6 is 11.8 Å². The van der Waals surface area contributed by atoms with Gasteiger partial charge in [0, 0.05) is 17.5 Å². The predicted octanol–water partition coefficient (Wildman–Crippen LogP) is 3.22. The van der Waals surface area contributed by atoms with Crippen molar-refractivity contribution in [2.45, 2.75) is 44.2 Å². The minimum Gasteiger partial charge on any atom is -0.392 e. The van der Waals surface area contributed by atoms with E-state index in [1.54, 1.807) is 0 Å². The van der Waals surface area contributed by atoms with Crippen LogP contribution in [0.1, 0.15) is 38.8 Å². The Morgan fingerprint density at radius 3 is 2.41 bits per heavy atom. The topological polar surface area (TPSA) is 32.3 Å². The van der Waals surface area contributed by atoms with E-state index in [2.05, 4.69) is 43.4 Å². The van der Waals surface area contributed by atoms with E-state index in [1.165, 1.54) is 10.5 Å². The highest BCUT2D eigenvalue weighted by molar-refractivity contribution is 7.99. The lowest BCUT2D eigenvalue weighted by Gasteiger charge is -2.17. The molecule has 0 amide bonds. The minimum atomic E-state index is -0.243. The lowest BCUT2D eigenvalue weighted by atomic mass is 10.1. The molecule has 0 aliphatic carbocycles. The van der Waals surface area contributed by atoms with Crippen molar-refractivity contribution < 1.29 is 5.11 Å². The van der Waals surface area contributed by atoms with Gasteiger partial charge in [-0.05, 0) is 36.8 Å². The third kappa shape index (κ3) is 5.11. The number of aliphatic hydroxyl groups is 1. The zero-order valence-electron chi connectivity index (χ0n) is 10.9. The summed E-state index contributed by atoms with van der Waals surface area (Å²) in [6, 6.07) is 8.94. The summed E-state index contributed by atoms with van der Waals surface area (Å²) in [7, 11) is 0. The maximum atomic E-state index is 9.50. The fourth-order valence-corrected chi connectivity index (χ4v) is 2.26. The predicted molar refractivity (Wildman–Crippen MR) is 75.6 cm³/mol. The molecule has 0 aromatic heterocycles. The number of hydrogen-bond donors (Lipinski definition) is 2. The normalized spacial score (nSPS) is 14.6. The molecule has 0 fully saturated rings. The first-order valence-corrected chi connectivity index (χ1v) is 7.30. The number of thioether (sulfide) groups is 1. The molecule has 0 aliphatic heterocycles. The maximum Gasteiger partial charge on any atom is 0.0662 e. The largest absolute Gasteiger partial charge is 0.392 e. The second kappa shape index (κ2) is 7.75. The number of nitrogens with one attached hydrogen (secondary N) is 1. The fraction of sp³-hybridized carbons (Fsp3) is 0.571. The summed E-state index contributed by atoms with van der Waals surface area (Å²) in [5.74, 6) is 1.11. The van der Waals surface area contributed by atoms with E-state index in [9.17, 15) is 5.11 Å². The van der Waals surface area contributed by atoms with Crippen LogP contribution in [0, 0.1) is 0 Å². The van der Waals surface area contributed by atoms with Gasteiger partial charge in [0.2, 0.25) is 0 Å².